The largest absolute Gasteiger partial charge is 0.497 e. The van der Waals surface area contributed by atoms with E-state index in [-0.39, 0.29) is 30.4 Å². The minimum atomic E-state index is -0.314. The van der Waals surface area contributed by atoms with E-state index in [2.05, 4.69) is 15.5 Å². The first-order valence-corrected chi connectivity index (χ1v) is 12.8. The van der Waals surface area contributed by atoms with Gasteiger partial charge in [0.15, 0.2) is 11.5 Å². The van der Waals surface area contributed by atoms with Gasteiger partial charge in [0, 0.05) is 30.9 Å². The Labute approximate surface area is 218 Å². The molecule has 2 aliphatic rings. The van der Waals surface area contributed by atoms with Crippen LogP contribution in [0.3, 0.4) is 0 Å². The van der Waals surface area contributed by atoms with Gasteiger partial charge in [-0.3, -0.25) is 14.9 Å². The molecule has 11 heteroatoms. The molecule has 37 heavy (non-hydrogen) atoms. The van der Waals surface area contributed by atoms with Gasteiger partial charge in [0.05, 0.1) is 34.0 Å². The summed E-state index contributed by atoms with van der Waals surface area (Å²) in [6, 6.07) is 13.2. The van der Waals surface area contributed by atoms with Crippen molar-refractivity contribution in [2.45, 2.75) is 24.9 Å². The molecular weight excluding hydrogens is 496 g/mol. The van der Waals surface area contributed by atoms with Gasteiger partial charge in [0.25, 0.3) is 0 Å². The van der Waals surface area contributed by atoms with E-state index in [1.54, 1.807) is 19.1 Å². The van der Waals surface area contributed by atoms with Gasteiger partial charge in [0.2, 0.25) is 16.9 Å². The number of aromatic nitrogens is 2. The number of methoxy groups -OCH3 is 2. The third kappa shape index (κ3) is 5.83. The van der Waals surface area contributed by atoms with Crippen LogP contribution in [0.4, 0.5) is 5.13 Å². The van der Waals surface area contributed by atoms with Crippen LogP contribution in [0.2, 0.25) is 0 Å². The third-order valence-corrected chi connectivity index (χ3v) is 7.29. The maximum atomic E-state index is 12.7. The summed E-state index contributed by atoms with van der Waals surface area (Å²) in [5.41, 5.74) is 1.85. The van der Waals surface area contributed by atoms with Gasteiger partial charge in [0.1, 0.15) is 16.9 Å². The lowest BCUT2D eigenvalue weighted by Gasteiger charge is -2.18. The monoisotopic (exact) mass is 524 g/mol. The molecule has 0 radical (unpaired) electrons. The molecule has 2 amide bonds. The zero-order valence-corrected chi connectivity index (χ0v) is 21.5. The summed E-state index contributed by atoms with van der Waals surface area (Å²) in [5, 5.41) is 12.0. The molecule has 3 heterocycles. The van der Waals surface area contributed by atoms with E-state index in [1.807, 2.05) is 42.5 Å². The smallest absolute Gasteiger partial charge is 0.245 e. The van der Waals surface area contributed by atoms with Crippen molar-refractivity contribution >= 4 is 28.3 Å². The maximum Gasteiger partial charge on any atom is 0.245 e. The Hall–Kier alpha value is -3.70. The molecule has 2 saturated heterocycles. The fraction of sp³-hybridized carbons (Fsp3) is 0.385. The summed E-state index contributed by atoms with van der Waals surface area (Å²) < 4.78 is 22.1. The van der Waals surface area contributed by atoms with Crippen molar-refractivity contribution in [1.29, 1.82) is 0 Å². The molecule has 0 unspecified atom stereocenters. The van der Waals surface area contributed by atoms with Crippen molar-refractivity contribution in [2.24, 2.45) is 0 Å². The predicted octanol–water partition coefficient (Wildman–Crippen LogP) is 3.34. The summed E-state index contributed by atoms with van der Waals surface area (Å²) in [5.74, 6) is 1.60. The molecule has 1 aromatic heterocycles. The molecule has 2 atom stereocenters. The second-order valence-electron chi connectivity index (χ2n) is 8.88. The molecule has 194 valence electrons. The second kappa shape index (κ2) is 11.1. The Kier molecular flexibility index (Phi) is 7.52. The average Bonchev–Trinajstić information content (AvgIpc) is 3.67. The standard InChI is InChI=1S/C26H28N4O6S/c1-33-19-6-3-16(4-7-19)25-28-29-26(37-25)27-23(31)14-30-13-18(12-24(30)32)17-5-8-21(34-2)22(11-17)36-20-9-10-35-15-20/h3-8,11,18,20H,9-10,12-15H2,1-2H3,(H,27,29,31)/t18-,20-/m1/s1. The van der Waals surface area contributed by atoms with Crippen LogP contribution in [-0.4, -0.2) is 73.5 Å². The number of nitrogens with one attached hydrogen (secondary N) is 1. The molecule has 0 saturated carbocycles. The van der Waals surface area contributed by atoms with Gasteiger partial charge in [-0.05, 0) is 42.0 Å². The van der Waals surface area contributed by atoms with Crippen LogP contribution in [-0.2, 0) is 14.3 Å². The Morgan fingerprint density at radius 3 is 2.70 bits per heavy atom. The van der Waals surface area contributed by atoms with Crippen LogP contribution in [0.25, 0.3) is 10.6 Å². The quantitative estimate of drug-likeness (QED) is 0.454. The number of carbonyl (C=O) groups excluding carboxylic acids is 2. The third-order valence-electron chi connectivity index (χ3n) is 6.40. The number of carbonyl (C=O) groups is 2. The van der Waals surface area contributed by atoms with Crippen LogP contribution in [0.15, 0.2) is 42.5 Å². The summed E-state index contributed by atoms with van der Waals surface area (Å²) >= 11 is 1.27. The van der Waals surface area contributed by atoms with Crippen molar-refractivity contribution in [2.75, 3.05) is 45.8 Å². The van der Waals surface area contributed by atoms with E-state index in [9.17, 15) is 9.59 Å². The van der Waals surface area contributed by atoms with Crippen molar-refractivity contribution in [3.63, 3.8) is 0 Å². The predicted molar refractivity (Wildman–Crippen MR) is 137 cm³/mol. The van der Waals surface area contributed by atoms with Crippen molar-refractivity contribution in [3.8, 4) is 27.8 Å². The van der Waals surface area contributed by atoms with Crippen molar-refractivity contribution in [3.05, 3.63) is 48.0 Å². The first kappa shape index (κ1) is 25.0. The van der Waals surface area contributed by atoms with Crippen LogP contribution in [0.1, 0.15) is 24.3 Å². The molecule has 2 aromatic carbocycles. The number of rotatable bonds is 9. The molecule has 0 bridgehead atoms. The minimum Gasteiger partial charge on any atom is -0.497 e. The molecule has 5 rings (SSSR count). The van der Waals surface area contributed by atoms with E-state index in [0.717, 1.165) is 23.3 Å². The molecule has 10 nitrogen and oxygen atoms in total. The highest BCUT2D eigenvalue weighted by Crippen LogP contribution is 2.36. The topological polar surface area (TPSA) is 112 Å². The first-order valence-electron chi connectivity index (χ1n) is 12.0. The second-order valence-corrected chi connectivity index (χ2v) is 9.86. The lowest BCUT2D eigenvalue weighted by Crippen LogP contribution is -2.34. The number of amides is 2. The zero-order valence-electron chi connectivity index (χ0n) is 20.6. The fourth-order valence-corrected chi connectivity index (χ4v) is 5.19. The van der Waals surface area contributed by atoms with Crippen LogP contribution < -0.4 is 19.5 Å². The highest BCUT2D eigenvalue weighted by Gasteiger charge is 2.32. The SMILES string of the molecule is COc1ccc(-c2nnc(NC(=O)CN3C[C@H](c4ccc(OC)c(O[C@@H]5CCOC5)c4)CC3=O)s2)cc1. The Morgan fingerprint density at radius 2 is 1.97 bits per heavy atom. The summed E-state index contributed by atoms with van der Waals surface area (Å²) in [4.78, 5) is 27.0. The van der Waals surface area contributed by atoms with Crippen LogP contribution >= 0.6 is 11.3 Å². The highest BCUT2D eigenvalue weighted by molar-refractivity contribution is 7.18. The lowest BCUT2D eigenvalue weighted by atomic mass is 9.98. The van der Waals surface area contributed by atoms with E-state index in [1.165, 1.54) is 11.3 Å². The lowest BCUT2D eigenvalue weighted by molar-refractivity contribution is -0.131. The van der Waals surface area contributed by atoms with Gasteiger partial charge < -0.3 is 23.8 Å². The summed E-state index contributed by atoms with van der Waals surface area (Å²) in [6.07, 6.45) is 1.14. The number of ether oxygens (including phenoxy) is 4. The molecule has 3 aromatic rings. The Morgan fingerprint density at radius 1 is 1.14 bits per heavy atom. The molecule has 0 aliphatic carbocycles. The number of hydrogen-bond donors (Lipinski definition) is 1. The van der Waals surface area contributed by atoms with Gasteiger partial charge >= 0.3 is 0 Å². The Bertz CT molecular complexity index is 1260. The minimum absolute atomic E-state index is 0.0138. The van der Waals surface area contributed by atoms with E-state index in [0.29, 0.717) is 47.8 Å². The van der Waals surface area contributed by atoms with Crippen molar-refractivity contribution in [1.82, 2.24) is 15.1 Å². The van der Waals surface area contributed by atoms with Gasteiger partial charge in [-0.1, -0.05) is 17.4 Å². The normalized spacial score (nSPS) is 19.2. The number of benzene rings is 2. The maximum absolute atomic E-state index is 12.7. The number of hydrogen-bond acceptors (Lipinski definition) is 9. The van der Waals surface area contributed by atoms with Gasteiger partial charge in [-0.2, -0.15) is 0 Å². The number of nitrogens with zero attached hydrogens (tertiary/aromatic N) is 3. The summed E-state index contributed by atoms with van der Waals surface area (Å²) in [7, 11) is 3.21. The van der Waals surface area contributed by atoms with E-state index in [4.69, 9.17) is 18.9 Å². The zero-order chi connectivity index (χ0) is 25.8. The fourth-order valence-electron chi connectivity index (χ4n) is 4.43. The molecular formula is C26H28N4O6S. The highest BCUT2D eigenvalue weighted by atomic mass is 32.1. The molecule has 2 fully saturated rings. The molecule has 2 aliphatic heterocycles. The van der Waals surface area contributed by atoms with Crippen LogP contribution in [0, 0.1) is 0 Å². The first-order chi connectivity index (χ1) is 18.0. The molecule has 1 N–H and O–H groups in total. The van der Waals surface area contributed by atoms with E-state index < -0.39 is 0 Å². The van der Waals surface area contributed by atoms with Gasteiger partial charge in [-0.15, -0.1) is 10.2 Å². The van der Waals surface area contributed by atoms with E-state index >= 15 is 0 Å². The summed E-state index contributed by atoms with van der Waals surface area (Å²) in [6.45, 7) is 1.62. The van der Waals surface area contributed by atoms with Crippen molar-refractivity contribution < 1.29 is 28.5 Å². The average molecular weight is 525 g/mol. The Balaban J connectivity index is 1.19. The molecule has 0 spiro atoms. The number of anilines is 1. The van der Waals surface area contributed by atoms with Gasteiger partial charge in [-0.25, -0.2) is 0 Å². The number of likely N-dealkylation sites (tertiary alicyclic amines) is 1. The van der Waals surface area contributed by atoms with Crippen LogP contribution in [0.5, 0.6) is 17.2 Å².